The number of ether oxygens (including phenoxy) is 2. The molecule has 0 aromatic heterocycles. The molecule has 1 aliphatic heterocycles. The van der Waals surface area contributed by atoms with Crippen LogP contribution in [0.15, 0.2) is 11.5 Å². The lowest BCUT2D eigenvalue weighted by molar-refractivity contribution is -0.262. The highest BCUT2D eigenvalue weighted by Crippen LogP contribution is 2.55. The van der Waals surface area contributed by atoms with Crippen molar-refractivity contribution in [3.8, 4) is 0 Å². The fourth-order valence-corrected chi connectivity index (χ4v) is 2.67. The SMILES string of the molecule is CC(C)(O)C(C)(C)O.[B]C1=CC2CC3(OCCO3)C2C1. The molecule has 3 aliphatic rings. The monoisotopic (exact) mass is 280 g/mol. The molecule has 0 amide bonds. The van der Waals surface area contributed by atoms with E-state index in [9.17, 15) is 0 Å². The lowest BCUT2D eigenvalue weighted by Gasteiger charge is -2.47. The second-order valence-corrected chi connectivity index (χ2v) is 7.05. The third-order valence-corrected chi connectivity index (χ3v) is 4.76. The molecule has 2 unspecified atom stereocenters. The first-order valence-electron chi connectivity index (χ1n) is 7.24. The minimum atomic E-state index is -1.01. The Labute approximate surface area is 122 Å². The highest BCUT2D eigenvalue weighted by Gasteiger charge is 2.58. The Bertz CT molecular complexity index is 374. The summed E-state index contributed by atoms with van der Waals surface area (Å²) in [6, 6.07) is 0. The van der Waals surface area contributed by atoms with Crippen molar-refractivity contribution in [1.82, 2.24) is 0 Å². The summed E-state index contributed by atoms with van der Waals surface area (Å²) >= 11 is 0. The number of fused-ring (bicyclic) bond motifs is 2. The van der Waals surface area contributed by atoms with Crippen molar-refractivity contribution in [2.75, 3.05) is 13.2 Å². The third kappa shape index (κ3) is 2.96. The van der Waals surface area contributed by atoms with E-state index in [-0.39, 0.29) is 5.79 Å². The van der Waals surface area contributed by atoms with E-state index in [2.05, 4.69) is 6.08 Å². The fraction of sp³-hybridized carbons (Fsp3) is 0.867. The van der Waals surface area contributed by atoms with Gasteiger partial charge in [-0.3, -0.25) is 0 Å². The lowest BCUT2D eigenvalue weighted by atomic mass is 9.69. The zero-order valence-electron chi connectivity index (χ0n) is 12.8. The Balaban J connectivity index is 0.000000163. The maximum Gasteiger partial charge on any atom is 0.172 e. The second-order valence-electron chi connectivity index (χ2n) is 7.05. The molecule has 1 saturated heterocycles. The van der Waals surface area contributed by atoms with Crippen LogP contribution in [0.3, 0.4) is 0 Å². The molecule has 2 fully saturated rings. The molecule has 0 aromatic rings. The summed E-state index contributed by atoms with van der Waals surface area (Å²) in [6.07, 6.45) is 4.14. The molecule has 112 valence electrons. The van der Waals surface area contributed by atoms with Gasteiger partial charge >= 0.3 is 0 Å². The van der Waals surface area contributed by atoms with Gasteiger partial charge in [-0.05, 0) is 40.0 Å². The van der Waals surface area contributed by atoms with Crippen LogP contribution in [0.5, 0.6) is 0 Å². The van der Waals surface area contributed by atoms with E-state index in [0.29, 0.717) is 11.8 Å². The van der Waals surface area contributed by atoms with Gasteiger partial charge in [-0.15, -0.1) is 5.47 Å². The van der Waals surface area contributed by atoms with Crippen molar-refractivity contribution in [3.63, 3.8) is 0 Å². The van der Waals surface area contributed by atoms with Crippen molar-refractivity contribution >= 4 is 7.85 Å². The van der Waals surface area contributed by atoms with Crippen molar-refractivity contribution in [2.45, 2.75) is 57.5 Å². The van der Waals surface area contributed by atoms with Gasteiger partial charge in [0.1, 0.15) is 7.85 Å². The predicted octanol–water partition coefficient (Wildman–Crippen LogP) is 1.35. The van der Waals surface area contributed by atoms with Crippen molar-refractivity contribution in [3.05, 3.63) is 11.5 Å². The first kappa shape index (κ1) is 16.0. The molecule has 4 nitrogen and oxygen atoms in total. The third-order valence-electron chi connectivity index (χ3n) is 4.76. The zero-order chi connectivity index (χ0) is 15.2. The summed E-state index contributed by atoms with van der Waals surface area (Å²) < 4.78 is 11.3. The molecule has 2 aliphatic carbocycles. The van der Waals surface area contributed by atoms with Gasteiger partial charge in [-0.2, -0.15) is 0 Å². The molecule has 5 heteroatoms. The van der Waals surface area contributed by atoms with Gasteiger partial charge in [0.2, 0.25) is 0 Å². The van der Waals surface area contributed by atoms with Gasteiger partial charge in [0.05, 0.1) is 24.4 Å². The van der Waals surface area contributed by atoms with E-state index >= 15 is 0 Å². The van der Waals surface area contributed by atoms with Crippen LogP contribution in [0.1, 0.15) is 40.5 Å². The summed E-state index contributed by atoms with van der Waals surface area (Å²) in [7, 11) is 5.76. The highest BCUT2D eigenvalue weighted by molar-refractivity contribution is 6.21. The van der Waals surface area contributed by atoms with Crippen LogP contribution in [0, 0.1) is 11.8 Å². The Morgan fingerprint density at radius 2 is 1.65 bits per heavy atom. The minimum absolute atomic E-state index is 0.234. The molecule has 2 N–H and O–H groups in total. The van der Waals surface area contributed by atoms with Gasteiger partial charge in [0.15, 0.2) is 5.79 Å². The molecule has 2 atom stereocenters. The Morgan fingerprint density at radius 1 is 1.15 bits per heavy atom. The topological polar surface area (TPSA) is 58.9 Å². The molecule has 3 rings (SSSR count). The van der Waals surface area contributed by atoms with Gasteiger partial charge < -0.3 is 19.7 Å². The van der Waals surface area contributed by atoms with Crippen LogP contribution in [0.25, 0.3) is 0 Å². The Kier molecular flexibility index (Phi) is 4.11. The number of hydrogen-bond donors (Lipinski definition) is 2. The molecule has 20 heavy (non-hydrogen) atoms. The Hall–Kier alpha value is -0.355. The Morgan fingerprint density at radius 3 is 2.05 bits per heavy atom. The summed E-state index contributed by atoms with van der Waals surface area (Å²) in [5.41, 5.74) is -0.999. The van der Waals surface area contributed by atoms with Gasteiger partial charge in [-0.25, -0.2) is 0 Å². The van der Waals surface area contributed by atoms with Gasteiger partial charge in [0, 0.05) is 12.3 Å². The molecule has 1 saturated carbocycles. The minimum Gasteiger partial charge on any atom is -0.387 e. The van der Waals surface area contributed by atoms with E-state index in [1.165, 1.54) is 0 Å². The van der Waals surface area contributed by atoms with Crippen LogP contribution in [-0.2, 0) is 9.47 Å². The van der Waals surface area contributed by atoms with E-state index in [4.69, 9.17) is 27.5 Å². The predicted molar refractivity (Wildman–Crippen MR) is 77.3 cm³/mol. The average molecular weight is 280 g/mol. The van der Waals surface area contributed by atoms with Crippen LogP contribution in [-0.4, -0.2) is 48.3 Å². The smallest absolute Gasteiger partial charge is 0.172 e. The zero-order valence-corrected chi connectivity index (χ0v) is 12.8. The molecule has 2 radical (unpaired) electrons. The van der Waals surface area contributed by atoms with E-state index in [1.54, 1.807) is 27.7 Å². The molecular weight excluding hydrogens is 255 g/mol. The summed E-state index contributed by atoms with van der Waals surface area (Å²) in [6.45, 7) is 7.81. The summed E-state index contributed by atoms with van der Waals surface area (Å²) in [4.78, 5) is 0. The molecular formula is C15H25BO4. The van der Waals surface area contributed by atoms with E-state index in [1.807, 2.05) is 0 Å². The van der Waals surface area contributed by atoms with Crippen LogP contribution >= 0.6 is 0 Å². The van der Waals surface area contributed by atoms with E-state index in [0.717, 1.165) is 31.5 Å². The maximum absolute atomic E-state index is 9.10. The van der Waals surface area contributed by atoms with Crippen LogP contribution < -0.4 is 0 Å². The van der Waals surface area contributed by atoms with Crippen molar-refractivity contribution in [2.24, 2.45) is 11.8 Å². The first-order chi connectivity index (χ1) is 9.05. The second kappa shape index (κ2) is 5.13. The number of hydrogen-bond acceptors (Lipinski definition) is 4. The fourth-order valence-electron chi connectivity index (χ4n) is 2.67. The first-order valence-corrected chi connectivity index (χ1v) is 7.24. The summed E-state index contributed by atoms with van der Waals surface area (Å²) in [5.74, 6) is 0.908. The molecule has 0 aromatic carbocycles. The van der Waals surface area contributed by atoms with Crippen LogP contribution in [0.4, 0.5) is 0 Å². The average Bonchev–Trinajstić information content (AvgIpc) is 2.83. The number of allylic oxidation sites excluding steroid dienone is 2. The van der Waals surface area contributed by atoms with E-state index < -0.39 is 11.2 Å². The molecule has 1 spiro atoms. The molecule has 1 heterocycles. The number of aliphatic hydroxyl groups is 2. The number of rotatable bonds is 1. The standard InChI is InChI=1S/C9H11BO2.C6H14O2/c10-7-3-6-5-9(8(6)4-7)11-1-2-12-9;1-5(2,7)6(3,4)8/h3,6,8H,1-2,4-5H2;7-8H,1-4H3. The largest absolute Gasteiger partial charge is 0.387 e. The maximum atomic E-state index is 9.10. The van der Waals surface area contributed by atoms with Crippen molar-refractivity contribution in [1.29, 1.82) is 0 Å². The quantitative estimate of drug-likeness (QED) is 0.712. The van der Waals surface area contributed by atoms with Gasteiger partial charge in [0.25, 0.3) is 0 Å². The lowest BCUT2D eigenvalue weighted by Crippen LogP contribution is -2.52. The molecule has 0 bridgehead atoms. The van der Waals surface area contributed by atoms with Gasteiger partial charge in [-0.1, -0.05) is 6.08 Å². The van der Waals surface area contributed by atoms with Crippen molar-refractivity contribution < 1.29 is 19.7 Å². The van der Waals surface area contributed by atoms with Crippen LogP contribution in [0.2, 0.25) is 0 Å². The normalized spacial score (nSPS) is 31.2. The highest BCUT2D eigenvalue weighted by atomic mass is 16.7. The summed E-state index contributed by atoms with van der Waals surface area (Å²) in [5, 5.41) is 18.2.